The molecular formula is C12H24N2O4. The van der Waals surface area contributed by atoms with E-state index in [1.54, 1.807) is 6.92 Å². The van der Waals surface area contributed by atoms with Gasteiger partial charge in [-0.2, -0.15) is 0 Å². The number of rotatable bonds is 9. The fourth-order valence-corrected chi connectivity index (χ4v) is 1.61. The second-order valence-electron chi connectivity index (χ2n) is 4.16. The molecule has 106 valence electrons. The van der Waals surface area contributed by atoms with Gasteiger partial charge in [-0.25, -0.2) is 0 Å². The summed E-state index contributed by atoms with van der Waals surface area (Å²) in [5, 5.41) is 20.3. The van der Waals surface area contributed by atoms with Crippen molar-refractivity contribution in [1.82, 2.24) is 10.2 Å². The molecule has 0 fully saturated rings. The fourth-order valence-electron chi connectivity index (χ4n) is 1.61. The number of carbonyl (C=O) groups excluding carboxylic acids is 2. The number of hydrogen-bond acceptors (Lipinski definition) is 4. The standard InChI is InChI=1S/C12H24N2O4/c1-3-13-11(17)9-14(10(2)6-8-16)12(18)5-4-7-15/h10,15-16H,3-9H2,1-2H3,(H,13,17). The SMILES string of the molecule is CCNC(=O)CN(C(=O)CCCO)C(C)CCO. The topological polar surface area (TPSA) is 89.9 Å². The van der Waals surface area contributed by atoms with Crippen LogP contribution in [0, 0.1) is 0 Å². The number of aliphatic hydroxyl groups excluding tert-OH is 2. The van der Waals surface area contributed by atoms with Gasteiger partial charge in [0, 0.05) is 32.2 Å². The fraction of sp³-hybridized carbons (Fsp3) is 0.833. The summed E-state index contributed by atoms with van der Waals surface area (Å²) in [6.45, 7) is 4.06. The van der Waals surface area contributed by atoms with Gasteiger partial charge in [-0.1, -0.05) is 0 Å². The predicted octanol–water partition coefficient (Wildman–Crippen LogP) is -0.505. The Hall–Kier alpha value is -1.14. The smallest absolute Gasteiger partial charge is 0.239 e. The summed E-state index contributed by atoms with van der Waals surface area (Å²) in [5.74, 6) is -0.379. The summed E-state index contributed by atoms with van der Waals surface area (Å²) in [6, 6.07) is -0.191. The summed E-state index contributed by atoms with van der Waals surface area (Å²) in [4.78, 5) is 24.9. The van der Waals surface area contributed by atoms with Gasteiger partial charge in [-0.15, -0.1) is 0 Å². The highest BCUT2D eigenvalue weighted by Gasteiger charge is 2.21. The molecule has 0 aromatic carbocycles. The number of hydrogen-bond donors (Lipinski definition) is 3. The molecule has 0 aliphatic carbocycles. The van der Waals surface area contributed by atoms with Gasteiger partial charge in [-0.05, 0) is 26.7 Å². The minimum absolute atomic E-state index is 0.000726. The van der Waals surface area contributed by atoms with E-state index in [0.29, 0.717) is 19.4 Å². The second kappa shape index (κ2) is 9.85. The number of nitrogens with zero attached hydrogens (tertiary/aromatic N) is 1. The highest BCUT2D eigenvalue weighted by atomic mass is 16.3. The normalized spacial score (nSPS) is 12.0. The van der Waals surface area contributed by atoms with E-state index in [2.05, 4.69) is 5.32 Å². The molecule has 0 saturated carbocycles. The van der Waals surface area contributed by atoms with Gasteiger partial charge < -0.3 is 20.4 Å². The van der Waals surface area contributed by atoms with Crippen LogP contribution in [0.4, 0.5) is 0 Å². The number of amides is 2. The molecule has 0 radical (unpaired) electrons. The van der Waals surface area contributed by atoms with Crippen molar-refractivity contribution >= 4 is 11.8 Å². The number of likely N-dealkylation sites (N-methyl/N-ethyl adjacent to an activating group) is 1. The monoisotopic (exact) mass is 260 g/mol. The minimum atomic E-state index is -0.209. The van der Waals surface area contributed by atoms with Gasteiger partial charge >= 0.3 is 0 Å². The summed E-state index contributed by atoms with van der Waals surface area (Å²) < 4.78 is 0. The van der Waals surface area contributed by atoms with Crippen LogP contribution in [-0.4, -0.2) is 59.3 Å². The Morgan fingerprint density at radius 1 is 1.28 bits per heavy atom. The Morgan fingerprint density at radius 3 is 2.44 bits per heavy atom. The highest BCUT2D eigenvalue weighted by Crippen LogP contribution is 2.07. The van der Waals surface area contributed by atoms with Crippen LogP contribution in [-0.2, 0) is 9.59 Å². The predicted molar refractivity (Wildman–Crippen MR) is 67.9 cm³/mol. The van der Waals surface area contributed by atoms with Crippen LogP contribution in [0.1, 0.15) is 33.1 Å². The quantitative estimate of drug-likeness (QED) is 0.521. The van der Waals surface area contributed by atoms with Crippen molar-refractivity contribution < 1.29 is 19.8 Å². The summed E-state index contributed by atoms with van der Waals surface area (Å²) in [7, 11) is 0. The van der Waals surface area contributed by atoms with Crippen LogP contribution in [0.5, 0.6) is 0 Å². The lowest BCUT2D eigenvalue weighted by Crippen LogP contribution is -2.45. The number of nitrogens with one attached hydrogen (secondary N) is 1. The van der Waals surface area contributed by atoms with Gasteiger partial charge in [0.1, 0.15) is 0 Å². The van der Waals surface area contributed by atoms with Crippen LogP contribution in [0.2, 0.25) is 0 Å². The lowest BCUT2D eigenvalue weighted by atomic mass is 10.1. The molecule has 0 aromatic rings. The average molecular weight is 260 g/mol. The van der Waals surface area contributed by atoms with Crippen molar-refractivity contribution in [1.29, 1.82) is 0 Å². The molecule has 0 rings (SSSR count). The van der Waals surface area contributed by atoms with E-state index in [9.17, 15) is 9.59 Å². The second-order valence-corrected chi connectivity index (χ2v) is 4.16. The minimum Gasteiger partial charge on any atom is -0.396 e. The molecule has 0 aliphatic rings. The average Bonchev–Trinajstić information content (AvgIpc) is 2.33. The Labute approximate surface area is 108 Å². The van der Waals surface area contributed by atoms with Crippen LogP contribution in [0.15, 0.2) is 0 Å². The third kappa shape index (κ3) is 6.56. The third-order valence-corrected chi connectivity index (χ3v) is 2.64. The first kappa shape index (κ1) is 16.9. The zero-order valence-electron chi connectivity index (χ0n) is 11.2. The largest absolute Gasteiger partial charge is 0.396 e. The van der Waals surface area contributed by atoms with Crippen molar-refractivity contribution in [3.63, 3.8) is 0 Å². The zero-order chi connectivity index (χ0) is 14.0. The molecule has 0 aromatic heterocycles. The van der Waals surface area contributed by atoms with E-state index in [1.165, 1.54) is 4.90 Å². The Balaban J connectivity index is 4.50. The van der Waals surface area contributed by atoms with Gasteiger partial charge in [0.15, 0.2) is 0 Å². The summed E-state index contributed by atoms with van der Waals surface area (Å²) in [5.41, 5.74) is 0. The van der Waals surface area contributed by atoms with E-state index in [-0.39, 0.29) is 44.0 Å². The first-order chi connectivity index (χ1) is 8.56. The third-order valence-electron chi connectivity index (χ3n) is 2.64. The Kier molecular flexibility index (Phi) is 9.22. The molecule has 3 N–H and O–H groups in total. The van der Waals surface area contributed by atoms with Crippen molar-refractivity contribution in [2.24, 2.45) is 0 Å². The number of aliphatic hydroxyl groups is 2. The van der Waals surface area contributed by atoms with E-state index in [1.807, 2.05) is 6.92 Å². The van der Waals surface area contributed by atoms with Gasteiger partial charge in [0.2, 0.25) is 11.8 Å². The molecule has 1 atom stereocenters. The van der Waals surface area contributed by atoms with Crippen molar-refractivity contribution in [3.8, 4) is 0 Å². The molecule has 0 bridgehead atoms. The molecular weight excluding hydrogens is 236 g/mol. The summed E-state index contributed by atoms with van der Waals surface area (Å²) in [6.07, 6.45) is 1.03. The van der Waals surface area contributed by atoms with Crippen LogP contribution in [0.25, 0.3) is 0 Å². The summed E-state index contributed by atoms with van der Waals surface area (Å²) >= 11 is 0. The maximum absolute atomic E-state index is 11.9. The van der Waals surface area contributed by atoms with E-state index < -0.39 is 0 Å². The first-order valence-corrected chi connectivity index (χ1v) is 6.34. The van der Waals surface area contributed by atoms with Gasteiger partial charge in [0.25, 0.3) is 0 Å². The molecule has 0 heterocycles. The molecule has 6 heteroatoms. The van der Waals surface area contributed by atoms with E-state index in [4.69, 9.17) is 10.2 Å². The molecule has 1 unspecified atom stereocenters. The maximum atomic E-state index is 11.9. The zero-order valence-corrected chi connectivity index (χ0v) is 11.2. The van der Waals surface area contributed by atoms with E-state index >= 15 is 0 Å². The highest BCUT2D eigenvalue weighted by molar-refractivity contribution is 5.84. The first-order valence-electron chi connectivity index (χ1n) is 6.34. The van der Waals surface area contributed by atoms with Crippen LogP contribution in [0.3, 0.4) is 0 Å². The van der Waals surface area contributed by atoms with Gasteiger partial charge in [-0.3, -0.25) is 9.59 Å². The Morgan fingerprint density at radius 2 is 1.94 bits per heavy atom. The van der Waals surface area contributed by atoms with Crippen LogP contribution >= 0.6 is 0 Å². The van der Waals surface area contributed by atoms with Crippen molar-refractivity contribution in [2.45, 2.75) is 39.2 Å². The number of carbonyl (C=O) groups is 2. The van der Waals surface area contributed by atoms with E-state index in [0.717, 1.165) is 0 Å². The molecule has 0 saturated heterocycles. The molecule has 2 amide bonds. The lowest BCUT2D eigenvalue weighted by molar-refractivity contribution is -0.138. The molecule has 0 aliphatic heterocycles. The Bertz CT molecular complexity index is 258. The molecule has 18 heavy (non-hydrogen) atoms. The van der Waals surface area contributed by atoms with Crippen molar-refractivity contribution in [3.05, 3.63) is 0 Å². The van der Waals surface area contributed by atoms with Crippen molar-refractivity contribution in [2.75, 3.05) is 26.3 Å². The maximum Gasteiger partial charge on any atom is 0.239 e. The van der Waals surface area contributed by atoms with Crippen LogP contribution < -0.4 is 5.32 Å². The molecule has 6 nitrogen and oxygen atoms in total. The molecule has 0 spiro atoms. The van der Waals surface area contributed by atoms with Gasteiger partial charge in [0.05, 0.1) is 6.54 Å². The lowest BCUT2D eigenvalue weighted by Gasteiger charge is -2.28.